The normalized spacial score (nSPS) is 11.2. The summed E-state index contributed by atoms with van der Waals surface area (Å²) in [7, 11) is 1.34. The molecule has 0 aliphatic carbocycles. The number of methoxy groups -OCH3 is 1. The fourth-order valence-corrected chi connectivity index (χ4v) is 3.61. The number of para-hydroxylation sites is 1. The molecule has 0 unspecified atom stereocenters. The number of carbonyl (C=O) groups excluding carboxylic acids is 1. The molecule has 0 aliphatic rings. The minimum atomic E-state index is -4.70. The number of alkyl halides is 3. The predicted molar refractivity (Wildman–Crippen MR) is 123 cm³/mol. The van der Waals surface area contributed by atoms with E-state index in [-0.39, 0.29) is 17.0 Å². The number of ether oxygens (including phenoxy) is 1. The molecule has 0 saturated heterocycles. The second-order valence-corrected chi connectivity index (χ2v) is 7.36. The number of nitrogens with zero attached hydrogens (tertiary/aromatic N) is 2. The molecular formula is C25H18F3N3O4. The Bertz CT molecular complexity index is 1410. The van der Waals surface area contributed by atoms with Crippen LogP contribution in [0.2, 0.25) is 0 Å². The van der Waals surface area contributed by atoms with E-state index in [4.69, 9.17) is 4.74 Å². The number of amides is 2. The maximum absolute atomic E-state index is 13.4. The zero-order valence-corrected chi connectivity index (χ0v) is 18.2. The summed E-state index contributed by atoms with van der Waals surface area (Å²) >= 11 is 0. The monoisotopic (exact) mass is 481 g/mol. The Morgan fingerprint density at radius 2 is 1.66 bits per heavy atom. The minimum Gasteiger partial charge on any atom is -0.494 e. The van der Waals surface area contributed by atoms with Crippen LogP contribution in [-0.4, -0.2) is 29.2 Å². The third kappa shape index (κ3) is 4.72. The second-order valence-electron chi connectivity index (χ2n) is 7.36. The molecule has 1 aromatic heterocycles. The number of anilines is 1. The van der Waals surface area contributed by atoms with Crippen LogP contribution in [0.5, 0.6) is 5.75 Å². The number of carbonyl (C=O) groups is 2. The van der Waals surface area contributed by atoms with Crippen LogP contribution in [0.15, 0.2) is 78.9 Å². The lowest BCUT2D eigenvalue weighted by Crippen LogP contribution is -2.46. The highest BCUT2D eigenvalue weighted by molar-refractivity contribution is 6.12. The number of halogens is 3. The number of pyridine rings is 1. The molecule has 0 saturated carbocycles. The van der Waals surface area contributed by atoms with E-state index in [0.29, 0.717) is 33.2 Å². The van der Waals surface area contributed by atoms with Crippen molar-refractivity contribution in [1.29, 1.82) is 0 Å². The SMILES string of the molecule is COc1c(-c2ccccc2)nc2ccccc2c1C(=O)NN(C(=O)O)c1cccc(C(F)(F)F)c1. The van der Waals surface area contributed by atoms with Crippen LogP contribution in [-0.2, 0) is 6.18 Å². The summed E-state index contributed by atoms with van der Waals surface area (Å²) in [6.45, 7) is 0. The number of nitrogens with one attached hydrogen (secondary N) is 1. The van der Waals surface area contributed by atoms with Crippen molar-refractivity contribution in [3.05, 3.63) is 90.0 Å². The lowest BCUT2D eigenvalue weighted by atomic mass is 10.0. The second kappa shape index (κ2) is 9.34. The molecule has 4 aromatic rings. The molecule has 178 valence electrons. The van der Waals surface area contributed by atoms with Crippen molar-refractivity contribution in [2.24, 2.45) is 0 Å². The van der Waals surface area contributed by atoms with Gasteiger partial charge in [-0.3, -0.25) is 10.2 Å². The first kappa shape index (κ1) is 23.6. The van der Waals surface area contributed by atoms with E-state index >= 15 is 0 Å². The Morgan fingerprint density at radius 1 is 0.971 bits per heavy atom. The highest BCUT2D eigenvalue weighted by Gasteiger charge is 2.32. The Labute approximate surface area is 197 Å². The highest BCUT2D eigenvalue weighted by Crippen LogP contribution is 2.36. The van der Waals surface area contributed by atoms with Gasteiger partial charge in [0.1, 0.15) is 5.69 Å². The number of carboxylic acid groups (broad SMARTS) is 1. The van der Waals surface area contributed by atoms with Crippen molar-refractivity contribution >= 4 is 28.6 Å². The summed E-state index contributed by atoms with van der Waals surface area (Å²) in [5, 5.41) is 10.4. The van der Waals surface area contributed by atoms with Gasteiger partial charge in [0.2, 0.25) is 0 Å². The third-order valence-corrected chi connectivity index (χ3v) is 5.16. The van der Waals surface area contributed by atoms with Gasteiger partial charge in [-0.25, -0.2) is 9.78 Å². The fourth-order valence-electron chi connectivity index (χ4n) is 3.61. The topological polar surface area (TPSA) is 91.8 Å². The van der Waals surface area contributed by atoms with Gasteiger partial charge in [-0.05, 0) is 24.3 Å². The number of fused-ring (bicyclic) bond motifs is 1. The number of hydrazine groups is 1. The Balaban J connectivity index is 1.84. The van der Waals surface area contributed by atoms with Gasteiger partial charge in [0.15, 0.2) is 5.75 Å². The van der Waals surface area contributed by atoms with E-state index < -0.39 is 23.7 Å². The van der Waals surface area contributed by atoms with Crippen molar-refractivity contribution in [2.75, 3.05) is 12.1 Å². The van der Waals surface area contributed by atoms with E-state index in [9.17, 15) is 27.9 Å². The third-order valence-electron chi connectivity index (χ3n) is 5.16. The predicted octanol–water partition coefficient (Wildman–Crippen LogP) is 5.76. The van der Waals surface area contributed by atoms with Crippen molar-refractivity contribution < 1.29 is 32.6 Å². The maximum Gasteiger partial charge on any atom is 0.431 e. The van der Waals surface area contributed by atoms with E-state index in [2.05, 4.69) is 10.4 Å². The molecule has 0 atom stereocenters. The lowest BCUT2D eigenvalue weighted by molar-refractivity contribution is -0.137. The molecule has 0 fully saturated rings. The number of hydrogen-bond donors (Lipinski definition) is 2. The van der Waals surface area contributed by atoms with E-state index in [1.165, 1.54) is 7.11 Å². The fraction of sp³-hybridized carbons (Fsp3) is 0.0800. The molecule has 2 N–H and O–H groups in total. The summed E-state index contributed by atoms with van der Waals surface area (Å²) in [5.74, 6) is -0.820. The molecule has 35 heavy (non-hydrogen) atoms. The number of rotatable bonds is 4. The van der Waals surface area contributed by atoms with Gasteiger partial charge in [-0.1, -0.05) is 54.6 Å². The van der Waals surface area contributed by atoms with Gasteiger partial charge >= 0.3 is 12.3 Å². The molecule has 0 radical (unpaired) electrons. The number of hydrogen-bond acceptors (Lipinski definition) is 4. The summed E-state index contributed by atoms with van der Waals surface area (Å²) in [6, 6.07) is 19.2. The van der Waals surface area contributed by atoms with E-state index in [1.807, 2.05) is 6.07 Å². The summed E-state index contributed by atoms with van der Waals surface area (Å²) in [6.07, 6.45) is -6.38. The lowest BCUT2D eigenvalue weighted by Gasteiger charge is -2.22. The Morgan fingerprint density at radius 3 is 2.31 bits per heavy atom. The summed E-state index contributed by atoms with van der Waals surface area (Å²) in [4.78, 5) is 30.0. The van der Waals surface area contributed by atoms with Crippen LogP contribution >= 0.6 is 0 Å². The standard InChI is InChI=1S/C25H18F3N3O4/c1-35-22-20(18-12-5-6-13-19(18)29-21(22)15-8-3-2-4-9-15)23(32)30-31(24(33)34)17-11-7-10-16(14-17)25(26,27)28/h2-14H,1H3,(H,30,32)(H,33,34). The molecule has 0 aliphatic heterocycles. The molecule has 4 rings (SSSR count). The first-order valence-corrected chi connectivity index (χ1v) is 10.2. The first-order chi connectivity index (χ1) is 16.7. The van der Waals surface area contributed by atoms with Gasteiger partial charge in [-0.2, -0.15) is 18.2 Å². The molecule has 1 heterocycles. The van der Waals surface area contributed by atoms with Gasteiger partial charge in [0.05, 0.1) is 29.4 Å². The highest BCUT2D eigenvalue weighted by atomic mass is 19.4. The van der Waals surface area contributed by atoms with Crippen molar-refractivity contribution in [1.82, 2.24) is 10.4 Å². The largest absolute Gasteiger partial charge is 0.494 e. The maximum atomic E-state index is 13.4. The Kier molecular flexibility index (Phi) is 6.28. The molecule has 0 spiro atoms. The van der Waals surface area contributed by atoms with Crippen LogP contribution in [0.4, 0.5) is 23.7 Å². The number of benzene rings is 3. The molecule has 7 nitrogen and oxygen atoms in total. The smallest absolute Gasteiger partial charge is 0.431 e. The first-order valence-electron chi connectivity index (χ1n) is 10.2. The molecular weight excluding hydrogens is 463 g/mol. The van der Waals surface area contributed by atoms with Crippen LogP contribution in [0.1, 0.15) is 15.9 Å². The molecule has 10 heteroatoms. The zero-order chi connectivity index (χ0) is 25.2. The van der Waals surface area contributed by atoms with E-state index in [0.717, 1.165) is 18.2 Å². The van der Waals surface area contributed by atoms with Crippen LogP contribution in [0.25, 0.3) is 22.2 Å². The quantitative estimate of drug-likeness (QED) is 0.362. The average Bonchev–Trinajstić information content (AvgIpc) is 2.85. The average molecular weight is 481 g/mol. The molecule has 2 amide bonds. The molecule has 3 aromatic carbocycles. The minimum absolute atomic E-state index is 0.0184. The van der Waals surface area contributed by atoms with Gasteiger partial charge in [0.25, 0.3) is 5.91 Å². The van der Waals surface area contributed by atoms with Crippen molar-refractivity contribution in [3.63, 3.8) is 0 Å². The summed E-state index contributed by atoms with van der Waals surface area (Å²) in [5.41, 5.74) is 2.16. The van der Waals surface area contributed by atoms with Gasteiger partial charge in [0, 0.05) is 10.9 Å². The van der Waals surface area contributed by atoms with Gasteiger partial charge < -0.3 is 9.84 Å². The zero-order valence-electron chi connectivity index (χ0n) is 18.2. The van der Waals surface area contributed by atoms with Crippen LogP contribution in [0, 0.1) is 0 Å². The number of aromatic nitrogens is 1. The van der Waals surface area contributed by atoms with E-state index in [1.54, 1.807) is 48.5 Å². The van der Waals surface area contributed by atoms with Crippen molar-refractivity contribution in [2.45, 2.75) is 6.18 Å². The summed E-state index contributed by atoms with van der Waals surface area (Å²) < 4.78 is 45.0. The van der Waals surface area contributed by atoms with Crippen LogP contribution < -0.4 is 15.2 Å². The Hall–Kier alpha value is -4.60. The van der Waals surface area contributed by atoms with Gasteiger partial charge in [-0.15, -0.1) is 0 Å². The van der Waals surface area contributed by atoms with Crippen molar-refractivity contribution in [3.8, 4) is 17.0 Å². The van der Waals surface area contributed by atoms with Crippen LogP contribution in [0.3, 0.4) is 0 Å². The molecule has 0 bridgehead atoms.